The Kier molecular flexibility index (Phi) is 7.92. The molecule has 0 atom stereocenters. The first kappa shape index (κ1) is 24.9. The molecule has 9 heteroatoms. The van der Waals surface area contributed by atoms with Gasteiger partial charge in [0.1, 0.15) is 11.5 Å². The van der Waals surface area contributed by atoms with Crippen molar-refractivity contribution in [2.24, 2.45) is 0 Å². The van der Waals surface area contributed by atoms with E-state index >= 15 is 0 Å². The summed E-state index contributed by atoms with van der Waals surface area (Å²) in [5.74, 6) is 0.762. The van der Waals surface area contributed by atoms with Crippen molar-refractivity contribution in [3.8, 4) is 34.0 Å². The number of hydrogen-bond acceptors (Lipinski definition) is 6. The number of aromatic nitrogens is 2. The van der Waals surface area contributed by atoms with Crippen LogP contribution in [0.5, 0.6) is 11.5 Å². The summed E-state index contributed by atoms with van der Waals surface area (Å²) in [6.07, 6.45) is 0.235. The topological polar surface area (TPSA) is 114 Å². The van der Waals surface area contributed by atoms with Crippen LogP contribution in [0.4, 0.5) is 5.69 Å². The van der Waals surface area contributed by atoms with E-state index in [-0.39, 0.29) is 17.9 Å². The third-order valence-corrected chi connectivity index (χ3v) is 6.26. The van der Waals surface area contributed by atoms with Gasteiger partial charge in [0.15, 0.2) is 5.16 Å². The minimum atomic E-state index is -1.04. The number of anilines is 1. The highest BCUT2D eigenvalue weighted by molar-refractivity contribution is 7.99. The lowest BCUT2D eigenvalue weighted by Crippen LogP contribution is -2.12. The Morgan fingerprint density at radius 1 is 0.944 bits per heavy atom. The van der Waals surface area contributed by atoms with Crippen LogP contribution in [-0.2, 0) is 4.79 Å². The van der Waals surface area contributed by atoms with E-state index in [1.165, 1.54) is 23.9 Å². The molecule has 0 fully saturated rings. The number of aromatic carboxylic acids is 1. The molecule has 0 radical (unpaired) electrons. The van der Waals surface area contributed by atoms with Gasteiger partial charge in [-0.1, -0.05) is 17.8 Å². The molecule has 4 aromatic rings. The highest BCUT2D eigenvalue weighted by Gasteiger charge is 2.16. The zero-order chi connectivity index (χ0) is 25.5. The number of nitrogens with one attached hydrogen (secondary N) is 2. The van der Waals surface area contributed by atoms with Gasteiger partial charge in [0.25, 0.3) is 0 Å². The third kappa shape index (κ3) is 6.05. The molecule has 0 spiro atoms. The van der Waals surface area contributed by atoms with Crippen LogP contribution in [0.15, 0.2) is 78.0 Å². The van der Waals surface area contributed by atoms with Crippen LogP contribution in [0.3, 0.4) is 0 Å². The van der Waals surface area contributed by atoms with E-state index in [1.54, 1.807) is 26.4 Å². The van der Waals surface area contributed by atoms with Crippen molar-refractivity contribution in [3.05, 3.63) is 78.4 Å². The number of benzene rings is 3. The minimum absolute atomic E-state index is 0.120. The van der Waals surface area contributed by atoms with Crippen LogP contribution in [-0.4, -0.2) is 46.9 Å². The fourth-order valence-corrected chi connectivity index (χ4v) is 4.35. The highest BCUT2D eigenvalue weighted by Crippen LogP contribution is 2.34. The SMILES string of the molecule is COc1ccc(-c2nc(SCCC(=O)Nc3cccc(C(=O)O)c3)[nH]c2-c2ccc(OC)cc2)cc1. The number of rotatable bonds is 10. The summed E-state index contributed by atoms with van der Waals surface area (Å²) in [6, 6.07) is 21.6. The van der Waals surface area contributed by atoms with Crippen LogP contribution in [0, 0.1) is 0 Å². The van der Waals surface area contributed by atoms with E-state index in [2.05, 4.69) is 10.3 Å². The first-order valence-electron chi connectivity index (χ1n) is 11.1. The number of carbonyl (C=O) groups excluding carboxylic acids is 1. The van der Waals surface area contributed by atoms with Crippen molar-refractivity contribution in [1.29, 1.82) is 0 Å². The molecule has 0 unspecified atom stereocenters. The molecule has 3 aromatic carbocycles. The molecule has 0 aliphatic heterocycles. The zero-order valence-electron chi connectivity index (χ0n) is 19.8. The predicted octanol–water partition coefficient (Wildman–Crippen LogP) is 5.58. The number of ether oxygens (including phenoxy) is 2. The molecular formula is C27H25N3O5S. The summed E-state index contributed by atoms with van der Waals surface area (Å²) in [4.78, 5) is 31.7. The Morgan fingerprint density at radius 3 is 2.19 bits per heavy atom. The number of carbonyl (C=O) groups is 2. The van der Waals surface area contributed by atoms with E-state index in [9.17, 15) is 9.59 Å². The number of aromatic amines is 1. The third-order valence-electron chi connectivity index (χ3n) is 5.39. The van der Waals surface area contributed by atoms with Gasteiger partial charge in [-0.25, -0.2) is 9.78 Å². The number of thioether (sulfide) groups is 1. The summed E-state index contributed by atoms with van der Waals surface area (Å²) in [5.41, 5.74) is 4.11. The van der Waals surface area contributed by atoms with Crippen molar-refractivity contribution < 1.29 is 24.2 Å². The fraction of sp³-hybridized carbons (Fsp3) is 0.148. The highest BCUT2D eigenvalue weighted by atomic mass is 32.2. The van der Waals surface area contributed by atoms with Gasteiger partial charge in [0.05, 0.1) is 31.2 Å². The Bertz CT molecular complexity index is 1290. The first-order valence-corrected chi connectivity index (χ1v) is 12.1. The Labute approximate surface area is 212 Å². The van der Waals surface area contributed by atoms with Gasteiger partial charge >= 0.3 is 5.97 Å². The molecule has 36 heavy (non-hydrogen) atoms. The molecule has 1 heterocycles. The monoisotopic (exact) mass is 503 g/mol. The molecule has 1 aromatic heterocycles. The quantitative estimate of drug-likeness (QED) is 0.242. The molecule has 184 valence electrons. The van der Waals surface area contributed by atoms with Crippen LogP contribution in [0.25, 0.3) is 22.5 Å². The molecular weight excluding hydrogens is 478 g/mol. The average Bonchev–Trinajstić information content (AvgIpc) is 3.33. The minimum Gasteiger partial charge on any atom is -0.497 e. The van der Waals surface area contributed by atoms with Crippen molar-refractivity contribution in [3.63, 3.8) is 0 Å². The lowest BCUT2D eigenvalue weighted by atomic mass is 10.0. The second-order valence-electron chi connectivity index (χ2n) is 7.76. The number of hydrogen-bond donors (Lipinski definition) is 3. The van der Waals surface area contributed by atoms with Gasteiger partial charge in [0.2, 0.25) is 5.91 Å². The van der Waals surface area contributed by atoms with Gasteiger partial charge in [-0.2, -0.15) is 0 Å². The van der Waals surface area contributed by atoms with Crippen molar-refractivity contribution in [1.82, 2.24) is 9.97 Å². The Balaban J connectivity index is 1.48. The molecule has 0 saturated heterocycles. The first-order chi connectivity index (χ1) is 17.5. The summed E-state index contributed by atoms with van der Waals surface area (Å²) >= 11 is 1.44. The van der Waals surface area contributed by atoms with E-state index in [0.717, 1.165) is 34.0 Å². The molecule has 3 N–H and O–H groups in total. The fourth-order valence-electron chi connectivity index (χ4n) is 3.54. The molecule has 0 aliphatic carbocycles. The molecule has 8 nitrogen and oxygen atoms in total. The maximum atomic E-state index is 12.4. The van der Waals surface area contributed by atoms with Gasteiger partial charge in [-0.15, -0.1) is 0 Å². The van der Waals surface area contributed by atoms with E-state index < -0.39 is 5.97 Å². The van der Waals surface area contributed by atoms with Crippen molar-refractivity contribution in [2.45, 2.75) is 11.6 Å². The second-order valence-corrected chi connectivity index (χ2v) is 8.84. The van der Waals surface area contributed by atoms with E-state index in [1.807, 2.05) is 48.5 Å². The number of carboxylic acids is 1. The van der Waals surface area contributed by atoms with E-state index in [4.69, 9.17) is 19.6 Å². The van der Waals surface area contributed by atoms with Crippen molar-refractivity contribution in [2.75, 3.05) is 25.3 Å². The molecule has 4 rings (SSSR count). The maximum absolute atomic E-state index is 12.4. The number of methoxy groups -OCH3 is 2. The number of nitrogens with zero attached hydrogens (tertiary/aromatic N) is 1. The number of carboxylic acid groups (broad SMARTS) is 1. The van der Waals surface area contributed by atoms with Crippen LogP contribution < -0.4 is 14.8 Å². The second kappa shape index (κ2) is 11.5. The summed E-state index contributed by atoms with van der Waals surface area (Å²) in [7, 11) is 3.25. The van der Waals surface area contributed by atoms with Gasteiger partial charge in [-0.05, 0) is 66.7 Å². The normalized spacial score (nSPS) is 10.6. The number of imidazole rings is 1. The number of amides is 1. The molecule has 0 bridgehead atoms. The lowest BCUT2D eigenvalue weighted by molar-refractivity contribution is -0.115. The molecule has 0 saturated carbocycles. The Morgan fingerprint density at radius 2 is 1.58 bits per heavy atom. The molecule has 0 aliphatic rings. The van der Waals surface area contributed by atoms with Crippen LogP contribution >= 0.6 is 11.8 Å². The standard InChI is InChI=1S/C27H25N3O5S/c1-34-21-10-6-17(7-11-21)24-25(18-8-12-22(35-2)13-9-18)30-27(29-24)36-15-14-23(31)28-20-5-3-4-19(16-20)26(32)33/h3-13,16H,14-15H2,1-2H3,(H,28,31)(H,29,30)(H,32,33). The zero-order valence-corrected chi connectivity index (χ0v) is 20.6. The smallest absolute Gasteiger partial charge is 0.335 e. The summed E-state index contributed by atoms with van der Waals surface area (Å²) in [5, 5.41) is 12.5. The van der Waals surface area contributed by atoms with Gasteiger partial charge in [0, 0.05) is 29.0 Å². The maximum Gasteiger partial charge on any atom is 0.335 e. The van der Waals surface area contributed by atoms with E-state index in [0.29, 0.717) is 16.6 Å². The number of H-pyrrole nitrogens is 1. The largest absolute Gasteiger partial charge is 0.497 e. The van der Waals surface area contributed by atoms with Crippen molar-refractivity contribution >= 4 is 29.3 Å². The van der Waals surface area contributed by atoms with Gasteiger partial charge in [-0.3, -0.25) is 4.79 Å². The summed E-state index contributed by atoms with van der Waals surface area (Å²) in [6.45, 7) is 0. The van der Waals surface area contributed by atoms with Crippen LogP contribution in [0.1, 0.15) is 16.8 Å². The predicted molar refractivity (Wildman–Crippen MR) is 140 cm³/mol. The van der Waals surface area contributed by atoms with Crippen LogP contribution in [0.2, 0.25) is 0 Å². The Hall–Kier alpha value is -4.24. The molecule has 1 amide bonds. The lowest BCUT2D eigenvalue weighted by Gasteiger charge is -2.06. The average molecular weight is 504 g/mol. The summed E-state index contributed by atoms with van der Waals surface area (Å²) < 4.78 is 10.5. The van der Waals surface area contributed by atoms with Gasteiger partial charge < -0.3 is 24.9 Å².